The fraction of sp³-hybridized carbons (Fsp3) is 0.136. The fourth-order valence-electron chi connectivity index (χ4n) is 3.32. The molecule has 0 aliphatic carbocycles. The molecule has 5 nitrogen and oxygen atoms in total. The van der Waals surface area contributed by atoms with Gasteiger partial charge in [-0.05, 0) is 41.8 Å². The highest BCUT2D eigenvalue weighted by atomic mass is 19.1. The van der Waals surface area contributed by atoms with Crippen LogP contribution in [-0.4, -0.2) is 20.4 Å². The van der Waals surface area contributed by atoms with Gasteiger partial charge in [-0.2, -0.15) is 0 Å². The van der Waals surface area contributed by atoms with Crippen LogP contribution in [0.1, 0.15) is 16.7 Å². The monoisotopic (exact) mass is 374 g/mol. The van der Waals surface area contributed by atoms with Gasteiger partial charge in [0, 0.05) is 12.8 Å². The van der Waals surface area contributed by atoms with E-state index in [9.17, 15) is 9.18 Å². The van der Waals surface area contributed by atoms with E-state index in [-0.39, 0.29) is 24.4 Å². The molecule has 28 heavy (non-hydrogen) atoms. The number of carbonyl (C=O) groups is 1. The number of rotatable bonds is 5. The summed E-state index contributed by atoms with van der Waals surface area (Å²) in [7, 11) is 0. The van der Waals surface area contributed by atoms with Crippen molar-refractivity contribution in [1.29, 1.82) is 0 Å². The fourth-order valence-corrected chi connectivity index (χ4v) is 3.32. The highest BCUT2D eigenvalue weighted by molar-refractivity contribution is 5.83. The zero-order valence-corrected chi connectivity index (χ0v) is 15.4. The smallest absolute Gasteiger partial charge is 0.226 e. The number of aryl methyl sites for hydroxylation is 1. The number of nitrogens with two attached hydrogens (primary N) is 1. The van der Waals surface area contributed by atoms with Crippen LogP contribution < -0.4 is 5.73 Å². The number of hydrogen-bond acceptors (Lipinski definition) is 4. The Balaban J connectivity index is 1.52. The number of halogens is 1. The molecule has 0 amide bonds. The molecule has 0 saturated carbocycles. The number of aromatic nitrogens is 3. The van der Waals surface area contributed by atoms with Gasteiger partial charge in [-0.1, -0.05) is 48.0 Å². The number of ketones is 1. The Morgan fingerprint density at radius 2 is 1.82 bits per heavy atom. The Bertz CT molecular complexity index is 1170. The number of anilines is 1. The molecule has 6 heteroatoms. The van der Waals surface area contributed by atoms with Crippen LogP contribution in [0.2, 0.25) is 0 Å². The maximum Gasteiger partial charge on any atom is 0.226 e. The van der Waals surface area contributed by atoms with E-state index in [1.54, 1.807) is 16.5 Å². The first-order valence-electron chi connectivity index (χ1n) is 8.97. The summed E-state index contributed by atoms with van der Waals surface area (Å²) in [6, 6.07) is 18.2. The molecule has 0 aliphatic heterocycles. The van der Waals surface area contributed by atoms with E-state index < -0.39 is 0 Å². The molecular formula is C22H19FN4O. The van der Waals surface area contributed by atoms with Crippen molar-refractivity contribution >= 4 is 17.4 Å². The zero-order valence-electron chi connectivity index (χ0n) is 15.4. The van der Waals surface area contributed by atoms with E-state index in [2.05, 4.69) is 10.2 Å². The van der Waals surface area contributed by atoms with E-state index in [0.717, 1.165) is 22.4 Å². The van der Waals surface area contributed by atoms with Crippen LogP contribution in [0.3, 0.4) is 0 Å². The molecule has 2 aromatic heterocycles. The van der Waals surface area contributed by atoms with Crippen molar-refractivity contribution in [3.63, 3.8) is 0 Å². The SMILES string of the molecule is Cc1ccc(F)c(CC(=O)Cc2ccc(-c3cccc4nnc(N)n34)cc2)c1. The Morgan fingerprint density at radius 3 is 2.61 bits per heavy atom. The maximum absolute atomic E-state index is 13.9. The van der Waals surface area contributed by atoms with Crippen LogP contribution in [0.15, 0.2) is 60.7 Å². The van der Waals surface area contributed by atoms with Crippen LogP contribution >= 0.6 is 0 Å². The van der Waals surface area contributed by atoms with Crippen molar-refractivity contribution in [2.45, 2.75) is 19.8 Å². The first-order valence-corrected chi connectivity index (χ1v) is 8.97. The largest absolute Gasteiger partial charge is 0.368 e. The van der Waals surface area contributed by atoms with Gasteiger partial charge in [0.05, 0.1) is 5.69 Å². The van der Waals surface area contributed by atoms with Crippen molar-refractivity contribution in [2.75, 3.05) is 5.73 Å². The summed E-state index contributed by atoms with van der Waals surface area (Å²) >= 11 is 0. The second-order valence-corrected chi connectivity index (χ2v) is 6.85. The van der Waals surface area contributed by atoms with Crippen molar-refractivity contribution < 1.29 is 9.18 Å². The second kappa shape index (κ2) is 7.23. The van der Waals surface area contributed by atoms with Gasteiger partial charge < -0.3 is 5.73 Å². The van der Waals surface area contributed by atoms with Gasteiger partial charge in [0.25, 0.3) is 0 Å². The number of fused-ring (bicyclic) bond motifs is 1. The van der Waals surface area contributed by atoms with E-state index in [0.29, 0.717) is 17.2 Å². The summed E-state index contributed by atoms with van der Waals surface area (Å²) in [6.07, 6.45) is 0.346. The first kappa shape index (κ1) is 17.9. The summed E-state index contributed by atoms with van der Waals surface area (Å²) in [5.41, 5.74) is 10.7. The molecular weight excluding hydrogens is 355 g/mol. The van der Waals surface area contributed by atoms with E-state index in [1.807, 2.05) is 49.4 Å². The van der Waals surface area contributed by atoms with Gasteiger partial charge in [-0.15, -0.1) is 10.2 Å². The van der Waals surface area contributed by atoms with Gasteiger partial charge in [0.1, 0.15) is 11.6 Å². The highest BCUT2D eigenvalue weighted by Crippen LogP contribution is 2.23. The molecule has 0 bridgehead atoms. The van der Waals surface area contributed by atoms with Crippen molar-refractivity contribution in [2.24, 2.45) is 0 Å². The summed E-state index contributed by atoms with van der Waals surface area (Å²) in [5.74, 6) is -0.0404. The summed E-state index contributed by atoms with van der Waals surface area (Å²) in [5, 5.41) is 7.93. The van der Waals surface area contributed by atoms with Crippen LogP contribution in [-0.2, 0) is 17.6 Å². The van der Waals surface area contributed by atoms with Crippen LogP contribution in [0.25, 0.3) is 16.9 Å². The predicted octanol–water partition coefficient (Wildman–Crippen LogP) is 3.78. The second-order valence-electron chi connectivity index (χ2n) is 6.85. The molecule has 0 aliphatic rings. The lowest BCUT2D eigenvalue weighted by atomic mass is 10.00. The molecule has 4 aromatic rings. The number of pyridine rings is 1. The lowest BCUT2D eigenvalue weighted by Gasteiger charge is -2.08. The van der Waals surface area contributed by atoms with Gasteiger partial charge in [0.15, 0.2) is 5.65 Å². The van der Waals surface area contributed by atoms with E-state index in [1.165, 1.54) is 6.07 Å². The molecule has 140 valence electrons. The number of carbonyl (C=O) groups excluding carboxylic acids is 1. The summed E-state index contributed by atoms with van der Waals surface area (Å²) < 4.78 is 15.6. The molecule has 0 spiro atoms. The topological polar surface area (TPSA) is 73.3 Å². The molecule has 0 radical (unpaired) electrons. The van der Waals surface area contributed by atoms with Crippen LogP contribution in [0, 0.1) is 12.7 Å². The minimum Gasteiger partial charge on any atom is -0.368 e. The third kappa shape index (κ3) is 3.49. The van der Waals surface area contributed by atoms with Gasteiger partial charge in [0.2, 0.25) is 5.95 Å². The lowest BCUT2D eigenvalue weighted by Crippen LogP contribution is -2.08. The minimum absolute atomic E-state index is 0.0256. The minimum atomic E-state index is -0.339. The third-order valence-corrected chi connectivity index (χ3v) is 4.69. The number of nitrogens with zero attached hydrogens (tertiary/aromatic N) is 3. The lowest BCUT2D eigenvalue weighted by molar-refractivity contribution is -0.117. The van der Waals surface area contributed by atoms with Crippen molar-refractivity contribution in [3.05, 3.63) is 83.2 Å². The van der Waals surface area contributed by atoms with Crippen LogP contribution in [0.5, 0.6) is 0 Å². The predicted molar refractivity (Wildman–Crippen MR) is 106 cm³/mol. The Hall–Kier alpha value is -3.54. The quantitative estimate of drug-likeness (QED) is 0.577. The molecule has 2 N–H and O–H groups in total. The molecule has 4 rings (SSSR count). The van der Waals surface area contributed by atoms with Crippen LogP contribution in [0.4, 0.5) is 10.3 Å². The molecule has 0 unspecified atom stereocenters. The molecule has 0 fully saturated rings. The molecule has 2 aromatic carbocycles. The molecule has 0 atom stereocenters. The number of nitrogen functional groups attached to an aromatic ring is 1. The van der Waals surface area contributed by atoms with Gasteiger partial charge in [-0.3, -0.25) is 9.20 Å². The Kier molecular flexibility index (Phi) is 4.61. The summed E-state index contributed by atoms with van der Waals surface area (Å²) in [4.78, 5) is 12.4. The van der Waals surface area contributed by atoms with Crippen molar-refractivity contribution in [3.8, 4) is 11.3 Å². The third-order valence-electron chi connectivity index (χ3n) is 4.69. The number of hydrogen-bond donors (Lipinski definition) is 1. The molecule has 0 saturated heterocycles. The Labute approximate surface area is 161 Å². The zero-order chi connectivity index (χ0) is 19.7. The van der Waals surface area contributed by atoms with E-state index in [4.69, 9.17) is 5.73 Å². The summed E-state index contributed by atoms with van der Waals surface area (Å²) in [6.45, 7) is 1.88. The average Bonchev–Trinajstić information content (AvgIpc) is 3.07. The highest BCUT2D eigenvalue weighted by Gasteiger charge is 2.11. The van der Waals surface area contributed by atoms with E-state index >= 15 is 0 Å². The van der Waals surface area contributed by atoms with Crippen molar-refractivity contribution in [1.82, 2.24) is 14.6 Å². The van der Waals surface area contributed by atoms with Gasteiger partial charge >= 0.3 is 0 Å². The molecule has 2 heterocycles. The standard InChI is InChI=1S/C22H19FN4O/c1-14-5-10-19(23)17(11-14)13-18(28)12-15-6-8-16(9-7-15)20-3-2-4-21-25-26-22(24)27(20)21/h2-11H,12-13H2,1H3,(H2,24,26). The number of Topliss-reactive ketones (excluding diaryl/α,β-unsaturated/α-hetero) is 1. The number of benzene rings is 2. The van der Waals surface area contributed by atoms with Gasteiger partial charge in [-0.25, -0.2) is 4.39 Å². The Morgan fingerprint density at radius 1 is 1.04 bits per heavy atom. The first-order chi connectivity index (χ1) is 13.5. The normalized spacial score (nSPS) is 11.1. The maximum atomic E-state index is 13.9. The average molecular weight is 374 g/mol.